The number of fused-ring (bicyclic) bond motifs is 1. The van der Waals surface area contributed by atoms with Gasteiger partial charge >= 0.3 is 0 Å². The number of carbonyl (C=O) groups excluding carboxylic acids is 1. The summed E-state index contributed by atoms with van der Waals surface area (Å²) < 4.78 is 0. The monoisotopic (exact) mass is 429 g/mol. The molecule has 1 amide bonds. The zero-order chi connectivity index (χ0) is 21.0. The van der Waals surface area contributed by atoms with E-state index in [1.54, 1.807) is 11.8 Å². The number of H-pyrrole nitrogens is 1. The van der Waals surface area contributed by atoms with E-state index in [0.717, 1.165) is 40.6 Å². The maximum Gasteiger partial charge on any atom is 0.270 e. The molecule has 4 aromatic rings. The van der Waals surface area contributed by atoms with Crippen LogP contribution in [-0.4, -0.2) is 51.9 Å². The highest BCUT2D eigenvalue weighted by Crippen LogP contribution is 2.23. The summed E-state index contributed by atoms with van der Waals surface area (Å²) in [6.07, 6.45) is 3.62. The Hall–Kier alpha value is -3.32. The van der Waals surface area contributed by atoms with E-state index in [9.17, 15) is 4.79 Å². The summed E-state index contributed by atoms with van der Waals surface area (Å²) in [7, 11) is 0. The van der Waals surface area contributed by atoms with Gasteiger partial charge in [0.05, 0.1) is 12.4 Å². The number of rotatable bonds is 5. The number of hydrogen-bond acceptors (Lipinski definition) is 5. The van der Waals surface area contributed by atoms with Crippen LogP contribution in [0.3, 0.4) is 0 Å². The molecular weight excluding hydrogens is 406 g/mol. The number of para-hydroxylation sites is 1. The standard InChI is InChI=1S/C24H23N5OS/c30-24(21-14-19-8-4-5-9-20(19)26-21)29-12-10-28(11-13-29)22-15-25-16-23(27-22)31-17-18-6-2-1-3-7-18/h1-9,14-16,26H,10-13,17H2. The molecule has 2 aromatic carbocycles. The molecule has 156 valence electrons. The van der Waals surface area contributed by atoms with Crippen molar-refractivity contribution >= 4 is 34.4 Å². The molecule has 1 saturated heterocycles. The van der Waals surface area contributed by atoms with Gasteiger partial charge in [-0.2, -0.15) is 0 Å². The fourth-order valence-electron chi connectivity index (χ4n) is 3.79. The molecule has 0 radical (unpaired) electrons. The summed E-state index contributed by atoms with van der Waals surface area (Å²) in [5.41, 5.74) is 2.90. The molecule has 31 heavy (non-hydrogen) atoms. The van der Waals surface area contributed by atoms with E-state index in [-0.39, 0.29) is 5.91 Å². The van der Waals surface area contributed by atoms with Crippen LogP contribution in [0.25, 0.3) is 10.9 Å². The highest BCUT2D eigenvalue weighted by molar-refractivity contribution is 7.98. The molecular formula is C24H23N5OS. The molecule has 1 aliphatic rings. The van der Waals surface area contributed by atoms with E-state index in [4.69, 9.17) is 4.98 Å². The van der Waals surface area contributed by atoms with Gasteiger partial charge in [-0.25, -0.2) is 4.98 Å². The first kappa shape index (κ1) is 19.6. The van der Waals surface area contributed by atoms with Gasteiger partial charge in [0.15, 0.2) is 0 Å². The third kappa shape index (κ3) is 4.41. The summed E-state index contributed by atoms with van der Waals surface area (Å²) in [5.74, 6) is 1.79. The molecule has 0 spiro atoms. The van der Waals surface area contributed by atoms with Crippen LogP contribution in [0.4, 0.5) is 5.82 Å². The Morgan fingerprint density at radius 3 is 2.55 bits per heavy atom. The lowest BCUT2D eigenvalue weighted by molar-refractivity contribution is 0.0741. The van der Waals surface area contributed by atoms with Crippen LogP contribution in [-0.2, 0) is 5.75 Å². The topological polar surface area (TPSA) is 65.1 Å². The summed E-state index contributed by atoms with van der Waals surface area (Å²) in [5, 5.41) is 1.97. The van der Waals surface area contributed by atoms with Crippen LogP contribution in [0.1, 0.15) is 16.1 Å². The van der Waals surface area contributed by atoms with Crippen molar-refractivity contribution in [3.05, 3.63) is 84.3 Å². The van der Waals surface area contributed by atoms with Gasteiger partial charge in [0.1, 0.15) is 16.5 Å². The molecule has 0 bridgehead atoms. The first-order valence-corrected chi connectivity index (χ1v) is 11.4. The van der Waals surface area contributed by atoms with Gasteiger partial charge in [-0.3, -0.25) is 9.78 Å². The second kappa shape index (κ2) is 8.81. The molecule has 1 fully saturated rings. The lowest BCUT2D eigenvalue weighted by Gasteiger charge is -2.35. The van der Waals surface area contributed by atoms with Gasteiger partial charge in [-0.15, -0.1) is 11.8 Å². The predicted octanol–water partition coefficient (Wildman–Crippen LogP) is 4.21. The molecule has 0 atom stereocenters. The minimum atomic E-state index is 0.0501. The van der Waals surface area contributed by atoms with Crippen molar-refractivity contribution in [2.75, 3.05) is 31.1 Å². The van der Waals surface area contributed by atoms with Crippen LogP contribution in [0.2, 0.25) is 0 Å². The Morgan fingerprint density at radius 1 is 0.968 bits per heavy atom. The van der Waals surface area contributed by atoms with Gasteiger partial charge in [0.2, 0.25) is 0 Å². The number of anilines is 1. The number of amides is 1. The van der Waals surface area contributed by atoms with Crippen LogP contribution in [0.5, 0.6) is 0 Å². The van der Waals surface area contributed by atoms with E-state index in [2.05, 4.69) is 39.1 Å². The summed E-state index contributed by atoms with van der Waals surface area (Å²) in [6.45, 7) is 2.81. The number of carbonyl (C=O) groups is 1. The molecule has 1 N–H and O–H groups in total. The van der Waals surface area contributed by atoms with Crippen LogP contribution in [0.15, 0.2) is 78.1 Å². The lowest BCUT2D eigenvalue weighted by atomic mass is 10.2. The molecule has 5 rings (SSSR count). The smallest absolute Gasteiger partial charge is 0.270 e. The quantitative estimate of drug-likeness (QED) is 0.482. The van der Waals surface area contributed by atoms with E-state index >= 15 is 0 Å². The van der Waals surface area contributed by atoms with Crippen molar-refractivity contribution in [1.29, 1.82) is 0 Å². The fraction of sp³-hybridized carbons (Fsp3) is 0.208. The molecule has 3 heterocycles. The van der Waals surface area contributed by atoms with Gasteiger partial charge in [0, 0.05) is 42.8 Å². The minimum absolute atomic E-state index is 0.0501. The second-order valence-electron chi connectivity index (χ2n) is 7.54. The summed E-state index contributed by atoms with van der Waals surface area (Å²) >= 11 is 1.69. The number of aromatic amines is 1. The zero-order valence-electron chi connectivity index (χ0n) is 17.1. The molecule has 6 nitrogen and oxygen atoms in total. The van der Waals surface area contributed by atoms with Crippen molar-refractivity contribution in [3.8, 4) is 0 Å². The van der Waals surface area contributed by atoms with Gasteiger partial charge in [-0.1, -0.05) is 48.5 Å². The van der Waals surface area contributed by atoms with Crippen molar-refractivity contribution in [3.63, 3.8) is 0 Å². The van der Waals surface area contributed by atoms with E-state index in [1.807, 2.05) is 53.7 Å². The van der Waals surface area contributed by atoms with E-state index < -0.39 is 0 Å². The van der Waals surface area contributed by atoms with Crippen molar-refractivity contribution in [2.45, 2.75) is 10.8 Å². The Kier molecular flexibility index (Phi) is 5.58. The number of aromatic nitrogens is 3. The number of hydrogen-bond donors (Lipinski definition) is 1. The Morgan fingerprint density at radius 2 is 1.74 bits per heavy atom. The fourth-order valence-corrected chi connectivity index (χ4v) is 4.59. The van der Waals surface area contributed by atoms with Crippen LogP contribution >= 0.6 is 11.8 Å². The third-order valence-corrected chi connectivity index (χ3v) is 6.45. The SMILES string of the molecule is O=C(c1cc2ccccc2[nH]1)N1CCN(c2cncc(SCc3ccccc3)n2)CC1. The van der Waals surface area contributed by atoms with E-state index in [1.165, 1.54) is 5.56 Å². The number of piperazine rings is 1. The van der Waals surface area contributed by atoms with Crippen molar-refractivity contribution < 1.29 is 4.79 Å². The number of nitrogens with zero attached hydrogens (tertiary/aromatic N) is 4. The Balaban J connectivity index is 1.20. The molecule has 1 aliphatic heterocycles. The zero-order valence-corrected chi connectivity index (χ0v) is 17.9. The first-order chi connectivity index (χ1) is 15.3. The normalized spacial score (nSPS) is 14.2. The highest BCUT2D eigenvalue weighted by atomic mass is 32.2. The highest BCUT2D eigenvalue weighted by Gasteiger charge is 2.24. The summed E-state index contributed by atoms with van der Waals surface area (Å²) in [4.78, 5) is 29.5. The maximum absolute atomic E-state index is 12.9. The Labute approximate surface area is 185 Å². The van der Waals surface area contributed by atoms with Crippen molar-refractivity contribution in [1.82, 2.24) is 19.9 Å². The van der Waals surface area contributed by atoms with Crippen molar-refractivity contribution in [2.24, 2.45) is 0 Å². The lowest BCUT2D eigenvalue weighted by Crippen LogP contribution is -2.49. The number of benzene rings is 2. The van der Waals surface area contributed by atoms with Crippen LogP contribution in [0, 0.1) is 0 Å². The average Bonchev–Trinajstić information content (AvgIpc) is 3.28. The first-order valence-electron chi connectivity index (χ1n) is 10.4. The summed E-state index contributed by atoms with van der Waals surface area (Å²) in [6, 6.07) is 20.3. The minimum Gasteiger partial charge on any atom is -0.352 e. The third-order valence-electron chi connectivity index (χ3n) is 5.48. The average molecular weight is 430 g/mol. The molecule has 7 heteroatoms. The molecule has 0 saturated carbocycles. The van der Waals surface area contributed by atoms with Gasteiger partial charge in [-0.05, 0) is 17.7 Å². The van der Waals surface area contributed by atoms with Gasteiger partial charge in [0.25, 0.3) is 5.91 Å². The Bertz CT molecular complexity index is 1150. The van der Waals surface area contributed by atoms with Crippen LogP contribution < -0.4 is 4.90 Å². The largest absolute Gasteiger partial charge is 0.352 e. The number of nitrogens with one attached hydrogen (secondary N) is 1. The predicted molar refractivity (Wildman–Crippen MR) is 124 cm³/mol. The number of thioether (sulfide) groups is 1. The molecule has 2 aromatic heterocycles. The molecule has 0 aliphatic carbocycles. The maximum atomic E-state index is 12.9. The molecule has 0 unspecified atom stereocenters. The van der Waals surface area contributed by atoms with Gasteiger partial charge < -0.3 is 14.8 Å². The van der Waals surface area contributed by atoms with E-state index in [0.29, 0.717) is 18.8 Å². The second-order valence-corrected chi connectivity index (χ2v) is 8.53.